The molecule has 5 rings (SSSR count). The fraction of sp³-hybridized carbons (Fsp3) is 0.355. The molecule has 4 N–H and O–H groups in total. The molecule has 1 saturated heterocycles. The lowest BCUT2D eigenvalue weighted by Crippen LogP contribution is -2.48. The molecule has 3 aromatic rings. The number of carboxylic acids is 1. The lowest BCUT2D eigenvalue weighted by atomic mass is 10.0. The number of benzene rings is 2. The molecule has 14 heteroatoms. The van der Waals surface area contributed by atoms with E-state index in [-0.39, 0.29) is 25.3 Å². The first-order valence-corrected chi connectivity index (χ1v) is 16.3. The maximum absolute atomic E-state index is 13.2. The molecule has 0 radical (unpaired) electrons. The van der Waals surface area contributed by atoms with Crippen LogP contribution in [0, 0.1) is 0 Å². The number of carbonyl (C=O) groups excluding carboxylic acids is 2. The molecule has 0 spiro atoms. The Bertz CT molecular complexity index is 1710. The van der Waals surface area contributed by atoms with Crippen LogP contribution < -0.4 is 20.7 Å². The number of aliphatic carboxylic acids is 1. The number of fused-ring (bicyclic) bond motifs is 1. The van der Waals surface area contributed by atoms with Crippen molar-refractivity contribution in [2.75, 3.05) is 49.8 Å². The van der Waals surface area contributed by atoms with Crippen LogP contribution >= 0.6 is 0 Å². The van der Waals surface area contributed by atoms with Crippen molar-refractivity contribution < 1.29 is 32.6 Å². The molecule has 13 nitrogen and oxygen atoms in total. The average molecular weight is 637 g/mol. The Morgan fingerprint density at radius 3 is 2.40 bits per heavy atom. The molecule has 0 saturated carbocycles. The van der Waals surface area contributed by atoms with Crippen LogP contribution in [0.25, 0.3) is 11.3 Å². The van der Waals surface area contributed by atoms with Gasteiger partial charge in [0.2, 0.25) is 15.9 Å². The van der Waals surface area contributed by atoms with Crippen molar-refractivity contribution in [1.29, 1.82) is 0 Å². The van der Waals surface area contributed by atoms with Crippen molar-refractivity contribution in [3.05, 3.63) is 71.3 Å². The summed E-state index contributed by atoms with van der Waals surface area (Å²) in [6, 6.07) is 15.8. The summed E-state index contributed by atoms with van der Waals surface area (Å²) >= 11 is 0. The van der Waals surface area contributed by atoms with Crippen molar-refractivity contribution >= 4 is 39.3 Å². The number of methoxy groups -OCH3 is 1. The second-order valence-electron chi connectivity index (χ2n) is 11.1. The van der Waals surface area contributed by atoms with Gasteiger partial charge in [0, 0.05) is 68.6 Å². The van der Waals surface area contributed by atoms with Gasteiger partial charge < -0.3 is 30.7 Å². The number of nitrogens with zero attached hydrogens (tertiary/aromatic N) is 4. The summed E-state index contributed by atoms with van der Waals surface area (Å²) < 4.78 is 30.9. The topological polar surface area (TPSA) is 175 Å². The third kappa shape index (κ3) is 7.35. The number of pyridine rings is 1. The Morgan fingerprint density at radius 1 is 1.07 bits per heavy atom. The Morgan fingerprint density at radius 2 is 1.78 bits per heavy atom. The van der Waals surface area contributed by atoms with E-state index in [0.29, 0.717) is 55.4 Å². The van der Waals surface area contributed by atoms with Crippen molar-refractivity contribution in [2.24, 2.45) is 5.73 Å². The predicted molar refractivity (Wildman–Crippen MR) is 168 cm³/mol. The molecule has 1 aromatic heterocycles. The van der Waals surface area contributed by atoms with Crippen LogP contribution in [0.3, 0.4) is 0 Å². The first-order valence-electron chi connectivity index (χ1n) is 14.5. The summed E-state index contributed by atoms with van der Waals surface area (Å²) in [5, 5.41) is 12.5. The number of anilines is 2. The summed E-state index contributed by atoms with van der Waals surface area (Å²) in [6.07, 6.45) is 0.850. The van der Waals surface area contributed by atoms with E-state index in [1.165, 1.54) is 15.5 Å². The van der Waals surface area contributed by atoms with E-state index in [9.17, 15) is 22.8 Å². The molecule has 238 valence electrons. The van der Waals surface area contributed by atoms with E-state index in [0.717, 1.165) is 22.6 Å². The quantitative estimate of drug-likeness (QED) is 0.267. The highest BCUT2D eigenvalue weighted by Crippen LogP contribution is 2.33. The van der Waals surface area contributed by atoms with Crippen LogP contribution in [0.15, 0.2) is 54.6 Å². The average Bonchev–Trinajstić information content (AvgIpc) is 3.34. The highest BCUT2D eigenvalue weighted by molar-refractivity contribution is 7.88. The van der Waals surface area contributed by atoms with E-state index < -0.39 is 27.9 Å². The van der Waals surface area contributed by atoms with Crippen LogP contribution in [0.5, 0.6) is 5.75 Å². The number of primary amides is 1. The van der Waals surface area contributed by atoms with Gasteiger partial charge in [0.15, 0.2) is 0 Å². The molecule has 2 aliphatic rings. The molecule has 0 unspecified atom stereocenters. The Labute approximate surface area is 261 Å². The van der Waals surface area contributed by atoms with Gasteiger partial charge in [-0.2, -0.15) is 4.31 Å². The zero-order chi connectivity index (χ0) is 32.3. The standard InChI is InChI=1S/C31H36N6O7S/c1-44-24-6-3-20(4-7-24)18-33-28-17-23(35-11-13-36(14-12-35)45(2,42)43)16-26(34-28)21-5-8-25-22(15-21)19-37(31(25)41)27(30(32)40)9-10-29(38)39/h3-8,15-17,27H,9-14,18-19H2,1-2H3,(H2,32,40)(H,33,34)(H,38,39)/t27-/m0/s1. The number of sulfonamides is 1. The highest BCUT2D eigenvalue weighted by Gasteiger charge is 2.36. The molecule has 2 amide bonds. The molecule has 0 aliphatic carbocycles. The van der Waals surface area contributed by atoms with Crippen molar-refractivity contribution in [3.8, 4) is 17.0 Å². The zero-order valence-electron chi connectivity index (χ0n) is 25.1. The number of hydrogen-bond acceptors (Lipinski definition) is 9. The van der Waals surface area contributed by atoms with Crippen molar-refractivity contribution in [3.63, 3.8) is 0 Å². The molecular weight excluding hydrogens is 600 g/mol. The fourth-order valence-corrected chi connectivity index (χ4v) is 6.44. The minimum absolute atomic E-state index is 0.0727. The molecule has 0 bridgehead atoms. The summed E-state index contributed by atoms with van der Waals surface area (Å²) in [6.45, 7) is 2.36. The number of carboxylic acid groups (broad SMARTS) is 1. The lowest BCUT2D eigenvalue weighted by Gasteiger charge is -2.35. The zero-order valence-corrected chi connectivity index (χ0v) is 25.9. The van der Waals surface area contributed by atoms with Gasteiger partial charge in [-0.3, -0.25) is 14.4 Å². The van der Waals surface area contributed by atoms with E-state index in [1.54, 1.807) is 19.2 Å². The molecule has 45 heavy (non-hydrogen) atoms. The van der Waals surface area contributed by atoms with Gasteiger partial charge in [-0.1, -0.05) is 18.2 Å². The molecule has 2 aromatic carbocycles. The molecule has 1 atom stereocenters. The SMILES string of the molecule is COc1ccc(CNc2cc(N3CCN(S(C)(=O)=O)CC3)cc(-c3ccc4c(c3)CN([C@@H](CCC(=O)O)C(N)=O)C4=O)n2)cc1. The second kappa shape index (κ2) is 13.1. The van der Waals surface area contributed by atoms with E-state index in [4.69, 9.17) is 20.6 Å². The number of piperazine rings is 1. The monoisotopic (exact) mass is 636 g/mol. The van der Waals surface area contributed by atoms with Gasteiger partial charge in [-0.05, 0) is 47.9 Å². The van der Waals surface area contributed by atoms with E-state index in [1.807, 2.05) is 42.5 Å². The number of carbonyl (C=O) groups is 3. The van der Waals surface area contributed by atoms with Crippen LogP contribution in [0.1, 0.15) is 34.3 Å². The lowest BCUT2D eigenvalue weighted by molar-refractivity contribution is -0.137. The number of ether oxygens (including phenoxy) is 1. The van der Waals surface area contributed by atoms with Crippen molar-refractivity contribution in [2.45, 2.75) is 32.0 Å². The third-order valence-corrected chi connectivity index (χ3v) is 9.39. The number of nitrogens with two attached hydrogens (primary N) is 1. The first-order chi connectivity index (χ1) is 21.4. The molecular formula is C31H36N6O7S. The Hall–Kier alpha value is -4.69. The highest BCUT2D eigenvalue weighted by atomic mass is 32.2. The van der Waals surface area contributed by atoms with Gasteiger partial charge >= 0.3 is 5.97 Å². The largest absolute Gasteiger partial charge is 0.497 e. The van der Waals surface area contributed by atoms with Crippen molar-refractivity contribution in [1.82, 2.24) is 14.2 Å². The molecule has 2 aliphatic heterocycles. The maximum Gasteiger partial charge on any atom is 0.303 e. The number of hydrogen-bond donors (Lipinski definition) is 3. The first kappa shape index (κ1) is 31.7. The normalized spacial score (nSPS) is 15.9. The summed E-state index contributed by atoms with van der Waals surface area (Å²) in [5.41, 5.74) is 9.93. The van der Waals surface area contributed by atoms with Crippen LogP contribution in [0.2, 0.25) is 0 Å². The number of amides is 2. The minimum Gasteiger partial charge on any atom is -0.497 e. The van der Waals surface area contributed by atoms with Gasteiger partial charge in [0.25, 0.3) is 5.91 Å². The van der Waals surface area contributed by atoms with Crippen LogP contribution in [0.4, 0.5) is 11.5 Å². The maximum atomic E-state index is 13.2. The van der Waals surface area contributed by atoms with Gasteiger partial charge in [0.05, 0.1) is 19.1 Å². The molecule has 1 fully saturated rings. The van der Waals surface area contributed by atoms with Gasteiger partial charge in [0.1, 0.15) is 17.6 Å². The predicted octanol–water partition coefficient (Wildman–Crippen LogP) is 2.13. The van der Waals surface area contributed by atoms with E-state index in [2.05, 4.69) is 10.2 Å². The Balaban J connectivity index is 1.43. The van der Waals surface area contributed by atoms with Gasteiger partial charge in [-0.15, -0.1) is 0 Å². The smallest absolute Gasteiger partial charge is 0.303 e. The fourth-order valence-electron chi connectivity index (χ4n) is 5.62. The van der Waals surface area contributed by atoms with Crippen LogP contribution in [-0.2, 0) is 32.7 Å². The second-order valence-corrected chi connectivity index (χ2v) is 13.1. The third-order valence-electron chi connectivity index (χ3n) is 8.08. The number of rotatable bonds is 12. The number of nitrogens with one attached hydrogen (secondary N) is 1. The molecule has 3 heterocycles. The van der Waals surface area contributed by atoms with E-state index >= 15 is 0 Å². The summed E-state index contributed by atoms with van der Waals surface area (Å²) in [5.74, 6) is -0.835. The summed E-state index contributed by atoms with van der Waals surface area (Å²) in [4.78, 5) is 44.8. The van der Waals surface area contributed by atoms with Crippen LogP contribution in [-0.4, -0.2) is 91.1 Å². The number of aromatic nitrogens is 1. The van der Waals surface area contributed by atoms with Gasteiger partial charge in [-0.25, -0.2) is 13.4 Å². The Kier molecular flexibility index (Phi) is 9.25. The minimum atomic E-state index is -3.29. The summed E-state index contributed by atoms with van der Waals surface area (Å²) in [7, 11) is -1.67.